The van der Waals surface area contributed by atoms with Gasteiger partial charge in [-0.3, -0.25) is 4.79 Å². The van der Waals surface area contributed by atoms with Crippen LogP contribution in [0, 0.1) is 23.7 Å². The molecule has 0 aromatic rings. The van der Waals surface area contributed by atoms with Crippen LogP contribution in [-0.4, -0.2) is 31.3 Å². The molecule has 3 saturated carbocycles. The van der Waals surface area contributed by atoms with Crippen molar-refractivity contribution in [1.82, 2.24) is 4.72 Å². The summed E-state index contributed by atoms with van der Waals surface area (Å²) in [5.74, 6) is 1.67. The summed E-state index contributed by atoms with van der Waals surface area (Å²) < 4.78 is 28.6. The lowest BCUT2D eigenvalue weighted by Crippen LogP contribution is -2.44. The molecule has 0 spiro atoms. The van der Waals surface area contributed by atoms with Crippen molar-refractivity contribution in [2.24, 2.45) is 23.7 Å². The predicted molar refractivity (Wildman–Crippen MR) is 111 cm³/mol. The van der Waals surface area contributed by atoms with E-state index in [1.165, 1.54) is 38.5 Å². The van der Waals surface area contributed by atoms with Gasteiger partial charge in [-0.05, 0) is 68.6 Å². The molecule has 0 radical (unpaired) electrons. The van der Waals surface area contributed by atoms with Crippen LogP contribution >= 0.6 is 0 Å². The van der Waals surface area contributed by atoms with Crippen LogP contribution in [0.4, 0.5) is 0 Å². The van der Waals surface area contributed by atoms with Crippen LogP contribution in [0.3, 0.4) is 0 Å². The molecule has 3 aliphatic carbocycles. The number of rotatable bonds is 11. The fourth-order valence-electron chi connectivity index (χ4n) is 5.74. The van der Waals surface area contributed by atoms with Gasteiger partial charge in [-0.25, -0.2) is 13.1 Å². The second-order valence-corrected chi connectivity index (χ2v) is 11.1. The molecule has 0 aromatic carbocycles. The first-order chi connectivity index (χ1) is 13.4. The second kappa shape index (κ2) is 10.2. The molecule has 4 atom stereocenters. The van der Waals surface area contributed by atoms with Crippen molar-refractivity contribution in [1.29, 1.82) is 0 Å². The summed E-state index contributed by atoms with van der Waals surface area (Å²) >= 11 is 0. The van der Waals surface area contributed by atoms with Crippen molar-refractivity contribution in [2.45, 2.75) is 89.5 Å². The van der Waals surface area contributed by atoms with Gasteiger partial charge in [0.1, 0.15) is 0 Å². The van der Waals surface area contributed by atoms with Crippen LogP contribution in [0.25, 0.3) is 0 Å². The Balaban J connectivity index is 1.47. The zero-order valence-corrected chi connectivity index (χ0v) is 17.8. The number of allylic oxidation sites excluding steroid dienone is 2. The van der Waals surface area contributed by atoms with Gasteiger partial charge in [-0.2, -0.15) is 0 Å². The van der Waals surface area contributed by atoms with Crippen molar-refractivity contribution < 1.29 is 18.3 Å². The van der Waals surface area contributed by atoms with Gasteiger partial charge in [0.15, 0.2) is 0 Å². The molecule has 0 aliphatic heterocycles. The summed E-state index contributed by atoms with van der Waals surface area (Å²) in [4.78, 5) is 10.6. The van der Waals surface area contributed by atoms with Gasteiger partial charge >= 0.3 is 5.97 Å². The van der Waals surface area contributed by atoms with Crippen molar-refractivity contribution in [3.05, 3.63) is 12.2 Å². The van der Waals surface area contributed by atoms with Gasteiger partial charge in [-0.15, -0.1) is 0 Å². The van der Waals surface area contributed by atoms with Crippen molar-refractivity contribution in [3.63, 3.8) is 0 Å². The van der Waals surface area contributed by atoms with E-state index in [1.807, 2.05) is 0 Å². The lowest BCUT2D eigenvalue weighted by Gasteiger charge is -2.31. The number of carbonyl (C=O) groups is 1. The van der Waals surface area contributed by atoms with E-state index in [4.69, 9.17) is 5.11 Å². The van der Waals surface area contributed by atoms with Crippen LogP contribution in [0.5, 0.6) is 0 Å². The third-order valence-corrected chi connectivity index (χ3v) is 8.66. The third kappa shape index (κ3) is 6.31. The number of nitrogens with one attached hydrogen (secondary N) is 1. The Bertz CT molecular complexity index is 639. The summed E-state index contributed by atoms with van der Waals surface area (Å²) in [7, 11) is -3.21. The maximum absolute atomic E-state index is 12.7. The highest BCUT2D eigenvalue weighted by Crippen LogP contribution is 2.50. The zero-order chi connectivity index (χ0) is 20.0. The van der Waals surface area contributed by atoms with Gasteiger partial charge in [0.2, 0.25) is 10.0 Å². The molecule has 0 saturated heterocycles. The van der Waals surface area contributed by atoms with Gasteiger partial charge in [0.25, 0.3) is 0 Å². The molecule has 4 unspecified atom stereocenters. The smallest absolute Gasteiger partial charge is 0.303 e. The fraction of sp³-hybridized carbons (Fsp3) is 0.864. The number of sulfonamides is 1. The maximum Gasteiger partial charge on any atom is 0.303 e. The van der Waals surface area contributed by atoms with Gasteiger partial charge in [0.05, 0.1) is 5.75 Å². The van der Waals surface area contributed by atoms with Crippen LogP contribution in [0.2, 0.25) is 0 Å². The van der Waals surface area contributed by atoms with E-state index < -0.39 is 16.0 Å². The average Bonchev–Trinajstić information content (AvgIpc) is 3.26. The molecule has 28 heavy (non-hydrogen) atoms. The highest BCUT2D eigenvalue weighted by atomic mass is 32.2. The largest absolute Gasteiger partial charge is 0.481 e. The molecular weight excluding hydrogens is 374 g/mol. The Hall–Kier alpha value is -0.880. The number of hydrogen-bond donors (Lipinski definition) is 2. The molecule has 0 aromatic heterocycles. The SMILES string of the molecule is O=C(O)CCC/C=C/CC1C2CCC(C2)C1NS(=O)(=O)CCC1CCCCC1. The molecule has 5 nitrogen and oxygen atoms in total. The Morgan fingerprint density at radius 3 is 2.54 bits per heavy atom. The minimum absolute atomic E-state index is 0.0961. The number of carboxylic acid groups (broad SMARTS) is 1. The zero-order valence-electron chi connectivity index (χ0n) is 17.0. The Kier molecular flexibility index (Phi) is 7.98. The van der Waals surface area contributed by atoms with E-state index in [0.29, 0.717) is 30.1 Å². The molecule has 3 aliphatic rings. The molecule has 0 amide bonds. The van der Waals surface area contributed by atoms with E-state index >= 15 is 0 Å². The summed E-state index contributed by atoms with van der Waals surface area (Å²) in [6.07, 6.45) is 17.3. The minimum Gasteiger partial charge on any atom is -0.481 e. The highest BCUT2D eigenvalue weighted by molar-refractivity contribution is 7.89. The van der Waals surface area contributed by atoms with Crippen molar-refractivity contribution in [3.8, 4) is 0 Å². The molecule has 6 heteroatoms. The first-order valence-electron chi connectivity index (χ1n) is 11.3. The number of unbranched alkanes of at least 4 members (excludes halogenated alkanes) is 1. The van der Waals surface area contributed by atoms with E-state index in [9.17, 15) is 13.2 Å². The Morgan fingerprint density at radius 2 is 1.79 bits per heavy atom. The molecule has 0 heterocycles. The normalized spacial score (nSPS) is 31.0. The predicted octanol–water partition coefficient (Wildman–Crippen LogP) is 4.49. The Morgan fingerprint density at radius 1 is 1.04 bits per heavy atom. The van der Waals surface area contributed by atoms with Crippen LogP contribution in [0.1, 0.15) is 83.5 Å². The van der Waals surface area contributed by atoms with Gasteiger partial charge in [-0.1, -0.05) is 44.3 Å². The van der Waals surface area contributed by atoms with Crippen LogP contribution < -0.4 is 4.72 Å². The summed E-state index contributed by atoms with van der Waals surface area (Å²) in [6, 6.07) is 0.0961. The van der Waals surface area contributed by atoms with Crippen LogP contribution in [-0.2, 0) is 14.8 Å². The Labute approximate surface area is 170 Å². The van der Waals surface area contributed by atoms with E-state index in [1.54, 1.807) is 0 Å². The first-order valence-corrected chi connectivity index (χ1v) is 13.0. The molecule has 3 fully saturated rings. The molecule has 160 valence electrons. The second-order valence-electron chi connectivity index (χ2n) is 9.25. The van der Waals surface area contributed by atoms with Crippen molar-refractivity contribution >= 4 is 16.0 Å². The van der Waals surface area contributed by atoms with Gasteiger partial charge in [0, 0.05) is 12.5 Å². The first kappa shape index (κ1) is 21.8. The quantitative estimate of drug-likeness (QED) is 0.387. The standard InChI is InChI=1S/C22H37NO4S/c24-21(25)11-7-2-1-6-10-20-18-12-13-19(16-18)22(20)23-28(26,27)15-14-17-8-4-3-5-9-17/h1,6,17-20,22-23H,2-5,7-16H2,(H,24,25)/b6-1+. The molecule has 3 rings (SSSR count). The average molecular weight is 412 g/mol. The summed E-state index contributed by atoms with van der Waals surface area (Å²) in [5.41, 5.74) is 0. The van der Waals surface area contributed by atoms with Crippen molar-refractivity contribution in [2.75, 3.05) is 5.75 Å². The summed E-state index contributed by atoms with van der Waals surface area (Å²) in [5, 5.41) is 8.69. The molecule has 2 bridgehead atoms. The number of aliphatic carboxylic acids is 1. The van der Waals surface area contributed by atoms with E-state index in [2.05, 4.69) is 16.9 Å². The highest BCUT2D eigenvalue weighted by Gasteiger charge is 2.48. The van der Waals surface area contributed by atoms with E-state index in [0.717, 1.165) is 32.1 Å². The minimum atomic E-state index is -3.21. The lowest BCUT2D eigenvalue weighted by atomic mass is 9.83. The molecular formula is C22H37NO4S. The summed E-state index contributed by atoms with van der Waals surface area (Å²) in [6.45, 7) is 0. The fourth-order valence-corrected chi connectivity index (χ4v) is 7.28. The third-order valence-electron chi connectivity index (χ3n) is 7.26. The number of fused-ring (bicyclic) bond motifs is 2. The topological polar surface area (TPSA) is 83.5 Å². The van der Waals surface area contributed by atoms with Gasteiger partial charge < -0.3 is 5.11 Å². The number of carboxylic acids is 1. The molecule has 2 N–H and O–H groups in total. The maximum atomic E-state index is 12.7. The van der Waals surface area contributed by atoms with Crippen LogP contribution in [0.15, 0.2) is 12.2 Å². The number of hydrogen-bond acceptors (Lipinski definition) is 3. The lowest BCUT2D eigenvalue weighted by molar-refractivity contribution is -0.137. The van der Waals surface area contributed by atoms with E-state index in [-0.39, 0.29) is 18.2 Å². The monoisotopic (exact) mass is 411 g/mol.